The van der Waals surface area contributed by atoms with E-state index in [4.69, 9.17) is 9.47 Å². The number of nitrogens with one attached hydrogen (secondary N) is 2. The van der Waals surface area contributed by atoms with Crippen LogP contribution in [0, 0.1) is 24.0 Å². The van der Waals surface area contributed by atoms with Crippen LogP contribution in [0.1, 0.15) is 22.4 Å². The maximum absolute atomic E-state index is 11.6. The fourth-order valence-electron chi connectivity index (χ4n) is 2.62. The largest absolute Gasteiger partial charge is 0.493 e. The van der Waals surface area contributed by atoms with Crippen molar-refractivity contribution < 1.29 is 14.4 Å². The number of ether oxygens (including phenoxy) is 2. The molecule has 0 spiro atoms. The molecule has 1 aromatic heterocycles. The van der Waals surface area contributed by atoms with Crippen LogP contribution in [0.4, 0.5) is 11.5 Å². The quantitative estimate of drug-likeness (QED) is 0.319. The summed E-state index contributed by atoms with van der Waals surface area (Å²) in [6.45, 7) is 3.75. The number of aromatic amines is 1. The zero-order valence-electron chi connectivity index (χ0n) is 17.1. The van der Waals surface area contributed by atoms with Crippen molar-refractivity contribution in [3.05, 3.63) is 79.4 Å². The summed E-state index contributed by atoms with van der Waals surface area (Å²) in [7, 11) is 1.40. The van der Waals surface area contributed by atoms with E-state index in [-0.39, 0.29) is 29.6 Å². The van der Waals surface area contributed by atoms with E-state index in [1.807, 2.05) is 31.2 Å². The van der Waals surface area contributed by atoms with Crippen molar-refractivity contribution >= 4 is 17.7 Å². The average Bonchev–Trinajstić information content (AvgIpc) is 2.75. The number of H-pyrrole nitrogens is 1. The van der Waals surface area contributed by atoms with Crippen LogP contribution in [0.5, 0.6) is 11.5 Å². The molecule has 11 nitrogen and oxygen atoms in total. The number of aromatic nitrogens is 3. The van der Waals surface area contributed by atoms with Crippen molar-refractivity contribution in [2.24, 2.45) is 5.10 Å². The average molecular weight is 424 g/mol. The molecule has 0 unspecified atom stereocenters. The van der Waals surface area contributed by atoms with Crippen molar-refractivity contribution in [3.8, 4) is 11.5 Å². The summed E-state index contributed by atoms with van der Waals surface area (Å²) in [5.41, 5.74) is 4.48. The second-order valence-corrected chi connectivity index (χ2v) is 6.55. The number of nitro groups is 1. The van der Waals surface area contributed by atoms with Crippen LogP contribution in [0.2, 0.25) is 0 Å². The molecule has 3 aromatic rings. The monoisotopic (exact) mass is 424 g/mol. The van der Waals surface area contributed by atoms with Crippen LogP contribution in [0.3, 0.4) is 0 Å². The molecule has 0 atom stereocenters. The van der Waals surface area contributed by atoms with Crippen molar-refractivity contribution in [2.75, 3.05) is 12.5 Å². The lowest BCUT2D eigenvalue weighted by molar-refractivity contribution is -0.386. The number of benzene rings is 2. The molecule has 11 heteroatoms. The minimum Gasteiger partial charge on any atom is -0.493 e. The van der Waals surface area contributed by atoms with Gasteiger partial charge in [-0.05, 0) is 25.5 Å². The SMILES string of the molecule is COc1cc(/C=N/Nc2nc(=O)[nH]nc2C)cc([N+](=O)[O-])c1OCc1ccc(C)cc1. The number of nitro benzene ring substituents is 1. The molecule has 2 aromatic carbocycles. The summed E-state index contributed by atoms with van der Waals surface area (Å²) in [6, 6.07) is 10.5. The maximum atomic E-state index is 11.6. The molecule has 2 N–H and O–H groups in total. The van der Waals surface area contributed by atoms with Gasteiger partial charge in [0.05, 0.1) is 18.2 Å². The second kappa shape index (κ2) is 9.48. The summed E-state index contributed by atoms with van der Waals surface area (Å²) in [4.78, 5) is 26.1. The topological polar surface area (TPSA) is 145 Å². The van der Waals surface area contributed by atoms with Gasteiger partial charge in [-0.15, -0.1) is 0 Å². The Morgan fingerprint density at radius 1 is 1.26 bits per heavy atom. The van der Waals surface area contributed by atoms with E-state index < -0.39 is 10.6 Å². The summed E-state index contributed by atoms with van der Waals surface area (Å²) in [6.07, 6.45) is 1.33. The van der Waals surface area contributed by atoms with Gasteiger partial charge < -0.3 is 9.47 Å². The standard InChI is InChI=1S/C20H20N6O5/c1-12-4-6-14(7-5-12)11-31-18-16(26(28)29)8-15(9-17(18)30-3)10-21-24-19-13(2)23-25-20(27)22-19/h4-10H,11H2,1-3H3,(H2,22,24,25,27)/b21-10+. The molecule has 0 amide bonds. The molecular weight excluding hydrogens is 404 g/mol. The number of rotatable bonds is 8. The molecule has 3 rings (SSSR count). The molecule has 0 aliphatic carbocycles. The van der Waals surface area contributed by atoms with Crippen molar-refractivity contribution in [1.29, 1.82) is 0 Å². The Kier molecular flexibility index (Phi) is 6.55. The number of nitrogens with zero attached hydrogens (tertiary/aromatic N) is 4. The van der Waals surface area contributed by atoms with Crippen molar-refractivity contribution in [2.45, 2.75) is 20.5 Å². The highest BCUT2D eigenvalue weighted by Crippen LogP contribution is 2.38. The Balaban J connectivity index is 1.84. The zero-order valence-corrected chi connectivity index (χ0v) is 17.1. The summed E-state index contributed by atoms with van der Waals surface area (Å²) < 4.78 is 11.0. The van der Waals surface area contributed by atoms with Crippen molar-refractivity contribution in [1.82, 2.24) is 15.2 Å². The van der Waals surface area contributed by atoms with Gasteiger partial charge in [-0.3, -0.25) is 15.5 Å². The van der Waals surface area contributed by atoms with E-state index in [0.717, 1.165) is 11.1 Å². The van der Waals surface area contributed by atoms with Gasteiger partial charge >= 0.3 is 11.4 Å². The van der Waals surface area contributed by atoms with E-state index in [9.17, 15) is 14.9 Å². The van der Waals surface area contributed by atoms with E-state index in [1.54, 1.807) is 13.0 Å². The highest BCUT2D eigenvalue weighted by molar-refractivity contribution is 5.83. The second-order valence-electron chi connectivity index (χ2n) is 6.55. The molecule has 1 heterocycles. The van der Waals surface area contributed by atoms with Crippen molar-refractivity contribution in [3.63, 3.8) is 0 Å². The minimum atomic E-state index is -0.629. The lowest BCUT2D eigenvalue weighted by atomic mass is 10.1. The molecule has 0 saturated heterocycles. The normalized spacial score (nSPS) is 10.8. The Hall–Kier alpha value is -4.28. The van der Waals surface area contributed by atoms with Gasteiger partial charge in [-0.25, -0.2) is 9.89 Å². The highest BCUT2D eigenvalue weighted by atomic mass is 16.6. The third kappa shape index (κ3) is 5.41. The molecule has 0 fully saturated rings. The molecule has 0 radical (unpaired) electrons. The predicted octanol–water partition coefficient (Wildman–Crippen LogP) is 2.72. The first-order chi connectivity index (χ1) is 14.9. The summed E-state index contributed by atoms with van der Waals surface area (Å²) >= 11 is 0. The first-order valence-electron chi connectivity index (χ1n) is 9.14. The Morgan fingerprint density at radius 3 is 2.68 bits per heavy atom. The van der Waals surface area contributed by atoms with Gasteiger partial charge in [0.2, 0.25) is 5.75 Å². The van der Waals surface area contributed by atoms with Gasteiger partial charge in [0.1, 0.15) is 12.3 Å². The van der Waals surface area contributed by atoms with Crippen LogP contribution in [0.15, 0.2) is 46.3 Å². The fourth-order valence-corrected chi connectivity index (χ4v) is 2.62. The van der Waals surface area contributed by atoms with Gasteiger partial charge in [-0.2, -0.15) is 15.2 Å². The number of hydrogen-bond acceptors (Lipinski definition) is 9. The maximum Gasteiger partial charge on any atom is 0.363 e. The van der Waals surface area contributed by atoms with Crippen LogP contribution >= 0.6 is 0 Å². The molecule has 160 valence electrons. The Labute approximate surface area is 176 Å². The Morgan fingerprint density at radius 2 is 2.00 bits per heavy atom. The number of aryl methyl sites for hydroxylation is 2. The number of methoxy groups -OCH3 is 1. The number of hydrogen-bond donors (Lipinski definition) is 2. The third-order valence-electron chi connectivity index (χ3n) is 4.24. The third-order valence-corrected chi connectivity index (χ3v) is 4.24. The lowest BCUT2D eigenvalue weighted by Crippen LogP contribution is -2.15. The molecule has 0 bridgehead atoms. The van der Waals surface area contributed by atoms with E-state index in [0.29, 0.717) is 11.3 Å². The zero-order chi connectivity index (χ0) is 22.4. The fraction of sp³-hybridized carbons (Fsp3) is 0.200. The van der Waals surface area contributed by atoms with Crippen LogP contribution in [-0.4, -0.2) is 33.4 Å². The summed E-state index contributed by atoms with van der Waals surface area (Å²) in [5.74, 6) is 0.379. The Bertz CT molecular complexity index is 1170. The highest BCUT2D eigenvalue weighted by Gasteiger charge is 2.22. The first kappa shape index (κ1) is 21.4. The smallest absolute Gasteiger partial charge is 0.363 e. The van der Waals surface area contributed by atoms with Crippen LogP contribution in [0.25, 0.3) is 0 Å². The van der Waals surface area contributed by atoms with E-state index in [2.05, 4.69) is 25.7 Å². The van der Waals surface area contributed by atoms with Gasteiger partial charge in [0.25, 0.3) is 0 Å². The molecule has 0 aliphatic rings. The minimum absolute atomic E-state index is 0.0227. The lowest BCUT2D eigenvalue weighted by Gasteiger charge is -2.12. The predicted molar refractivity (Wildman–Crippen MR) is 114 cm³/mol. The van der Waals surface area contributed by atoms with E-state index in [1.165, 1.54) is 19.4 Å². The van der Waals surface area contributed by atoms with Gasteiger partial charge in [0.15, 0.2) is 11.6 Å². The first-order valence-corrected chi connectivity index (χ1v) is 9.14. The molecule has 31 heavy (non-hydrogen) atoms. The van der Waals surface area contributed by atoms with Crippen LogP contribution in [-0.2, 0) is 6.61 Å². The van der Waals surface area contributed by atoms with Crippen LogP contribution < -0.4 is 20.6 Å². The summed E-state index contributed by atoms with van der Waals surface area (Å²) in [5, 5.41) is 21.6. The number of hydrazone groups is 1. The van der Waals surface area contributed by atoms with E-state index >= 15 is 0 Å². The van der Waals surface area contributed by atoms with Gasteiger partial charge in [-0.1, -0.05) is 29.8 Å². The molecule has 0 saturated carbocycles. The molecular formula is C20H20N6O5. The number of anilines is 1. The van der Waals surface area contributed by atoms with Gasteiger partial charge in [0, 0.05) is 11.6 Å². The molecule has 0 aliphatic heterocycles.